The van der Waals surface area contributed by atoms with Crippen LogP contribution in [0.15, 0.2) is 29.9 Å². The van der Waals surface area contributed by atoms with Gasteiger partial charge < -0.3 is 4.74 Å². The summed E-state index contributed by atoms with van der Waals surface area (Å²) in [4.78, 5) is 0. The fourth-order valence-electron chi connectivity index (χ4n) is 0.356. The van der Waals surface area contributed by atoms with Crippen LogP contribution in [-0.2, 0) is 4.74 Å². The van der Waals surface area contributed by atoms with Gasteiger partial charge in [0, 0.05) is 0 Å². The second-order valence-corrected chi connectivity index (χ2v) is 1.38. The van der Waals surface area contributed by atoms with Gasteiger partial charge in [0.25, 0.3) is 0 Å². The molecular formula is C6H6O. The van der Waals surface area contributed by atoms with E-state index in [1.54, 1.807) is 6.26 Å². The molecule has 36 valence electrons. The Labute approximate surface area is 42.6 Å². The van der Waals surface area contributed by atoms with Crippen LogP contribution in [-0.4, -0.2) is 0 Å². The first-order chi connectivity index (χ1) is 3.39. The summed E-state index contributed by atoms with van der Waals surface area (Å²) in [6, 6.07) is 0. The number of rotatable bonds is 0. The maximum absolute atomic E-state index is 4.70. The van der Waals surface area contributed by atoms with Gasteiger partial charge in [-0.1, -0.05) is 5.73 Å². The summed E-state index contributed by atoms with van der Waals surface area (Å²) < 4.78 is 4.70. The minimum Gasteiger partial charge on any atom is -0.464 e. The summed E-state index contributed by atoms with van der Waals surface area (Å²) in [6.45, 7) is 1.97. The monoisotopic (exact) mass is 94.0 g/mol. The molecule has 0 unspecified atom stereocenters. The number of hydrogen-bond donors (Lipinski definition) is 0. The summed E-state index contributed by atoms with van der Waals surface area (Å²) in [5.41, 5.74) is 3.97. The van der Waals surface area contributed by atoms with Crippen LogP contribution in [0.1, 0.15) is 6.92 Å². The Bertz CT molecular complexity index is 148. The van der Waals surface area contributed by atoms with Crippen molar-refractivity contribution < 1.29 is 4.74 Å². The highest BCUT2D eigenvalue weighted by Gasteiger charge is 1.79. The Morgan fingerprint density at radius 3 is 2.86 bits per heavy atom. The minimum absolute atomic E-state index is 1.10. The number of allylic oxidation sites excluding steroid dienone is 2. The number of hydrogen-bond acceptors (Lipinski definition) is 1. The average Bonchev–Trinajstić information content (AvgIpc) is 1.69. The van der Waals surface area contributed by atoms with Gasteiger partial charge in [-0.05, 0) is 18.6 Å². The summed E-state index contributed by atoms with van der Waals surface area (Å²) in [5, 5.41) is 0. The lowest BCUT2D eigenvalue weighted by Gasteiger charge is -1.91. The van der Waals surface area contributed by atoms with E-state index in [1.165, 1.54) is 6.26 Å². The molecule has 0 bridgehead atoms. The smallest absolute Gasteiger partial charge is 0.133 e. The van der Waals surface area contributed by atoms with Gasteiger partial charge in [0.2, 0.25) is 0 Å². The van der Waals surface area contributed by atoms with Crippen molar-refractivity contribution in [1.29, 1.82) is 0 Å². The topological polar surface area (TPSA) is 9.23 Å². The molecule has 1 heterocycles. The molecule has 0 N–H and O–H groups in total. The third kappa shape index (κ3) is 0.951. The lowest BCUT2D eigenvalue weighted by atomic mass is 10.3. The normalized spacial score (nSPS) is 15.9. The first-order valence-electron chi connectivity index (χ1n) is 2.13. The molecule has 0 saturated heterocycles. The van der Waals surface area contributed by atoms with E-state index in [-0.39, 0.29) is 0 Å². The molecule has 0 saturated carbocycles. The van der Waals surface area contributed by atoms with Crippen molar-refractivity contribution in [3.05, 3.63) is 29.9 Å². The van der Waals surface area contributed by atoms with E-state index in [1.807, 2.05) is 13.0 Å². The van der Waals surface area contributed by atoms with Gasteiger partial charge in [-0.15, -0.1) is 0 Å². The third-order valence-corrected chi connectivity index (χ3v) is 0.751. The molecule has 0 spiro atoms. The van der Waals surface area contributed by atoms with Crippen LogP contribution in [0.2, 0.25) is 0 Å². The van der Waals surface area contributed by atoms with E-state index in [2.05, 4.69) is 5.73 Å². The Balaban J connectivity index is 2.89. The highest BCUT2D eigenvalue weighted by Crippen LogP contribution is 1.96. The van der Waals surface area contributed by atoms with Crippen molar-refractivity contribution in [3.63, 3.8) is 0 Å². The summed E-state index contributed by atoms with van der Waals surface area (Å²) in [6.07, 6.45) is 5.03. The molecule has 1 aliphatic heterocycles. The number of ether oxygens (including phenoxy) is 1. The maximum atomic E-state index is 4.70. The fourth-order valence-corrected chi connectivity index (χ4v) is 0.356. The zero-order valence-electron chi connectivity index (χ0n) is 4.14. The van der Waals surface area contributed by atoms with Crippen LogP contribution in [0.4, 0.5) is 0 Å². The van der Waals surface area contributed by atoms with Crippen molar-refractivity contribution >= 4 is 0 Å². The lowest BCUT2D eigenvalue weighted by molar-refractivity contribution is 0.400. The van der Waals surface area contributed by atoms with Crippen LogP contribution >= 0.6 is 0 Å². The molecule has 0 amide bonds. The molecule has 0 aromatic rings. The van der Waals surface area contributed by atoms with Gasteiger partial charge in [-0.3, -0.25) is 0 Å². The fraction of sp³-hybridized carbons (Fsp3) is 0.167. The lowest BCUT2D eigenvalue weighted by Crippen LogP contribution is -1.72. The van der Waals surface area contributed by atoms with E-state index in [4.69, 9.17) is 4.74 Å². The standard InChI is InChI=1S/C6H6O/c1-6-2-4-7-5-3-6/h2,4-5H,1H3. The Kier molecular flexibility index (Phi) is 1.01. The SMILES string of the molecule is CC1=C=COC=C1. The first-order valence-corrected chi connectivity index (χ1v) is 2.13. The second-order valence-electron chi connectivity index (χ2n) is 1.38. The molecular weight excluding hydrogens is 88.1 g/mol. The predicted molar refractivity (Wildman–Crippen MR) is 27.5 cm³/mol. The van der Waals surface area contributed by atoms with Gasteiger partial charge in [0.15, 0.2) is 0 Å². The maximum Gasteiger partial charge on any atom is 0.133 e. The molecule has 0 aliphatic carbocycles. The highest BCUT2D eigenvalue weighted by atomic mass is 16.5. The van der Waals surface area contributed by atoms with Crippen LogP contribution < -0.4 is 0 Å². The van der Waals surface area contributed by atoms with Crippen LogP contribution in [0.3, 0.4) is 0 Å². The van der Waals surface area contributed by atoms with Crippen molar-refractivity contribution in [2.24, 2.45) is 0 Å². The average molecular weight is 94.1 g/mol. The summed E-state index contributed by atoms with van der Waals surface area (Å²) in [5.74, 6) is 0. The van der Waals surface area contributed by atoms with Crippen LogP contribution in [0.5, 0.6) is 0 Å². The van der Waals surface area contributed by atoms with Crippen LogP contribution in [0, 0.1) is 0 Å². The van der Waals surface area contributed by atoms with E-state index in [0.29, 0.717) is 0 Å². The summed E-state index contributed by atoms with van der Waals surface area (Å²) in [7, 11) is 0. The molecule has 0 radical (unpaired) electrons. The van der Waals surface area contributed by atoms with Gasteiger partial charge >= 0.3 is 0 Å². The Morgan fingerprint density at radius 1 is 1.71 bits per heavy atom. The van der Waals surface area contributed by atoms with Crippen molar-refractivity contribution in [2.45, 2.75) is 6.92 Å². The molecule has 1 aliphatic rings. The minimum atomic E-state index is 1.10. The third-order valence-electron chi connectivity index (χ3n) is 0.751. The van der Waals surface area contributed by atoms with Crippen LogP contribution in [0.25, 0.3) is 0 Å². The van der Waals surface area contributed by atoms with Gasteiger partial charge in [0.1, 0.15) is 6.26 Å². The zero-order valence-corrected chi connectivity index (χ0v) is 4.14. The predicted octanol–water partition coefficient (Wildman–Crippen LogP) is 1.59. The zero-order chi connectivity index (χ0) is 5.11. The van der Waals surface area contributed by atoms with Crippen molar-refractivity contribution in [3.8, 4) is 0 Å². The second kappa shape index (κ2) is 1.67. The van der Waals surface area contributed by atoms with Gasteiger partial charge in [0.05, 0.1) is 6.26 Å². The van der Waals surface area contributed by atoms with E-state index in [0.717, 1.165) is 5.57 Å². The summed E-state index contributed by atoms with van der Waals surface area (Å²) >= 11 is 0. The molecule has 1 rings (SSSR count). The van der Waals surface area contributed by atoms with E-state index < -0.39 is 0 Å². The highest BCUT2D eigenvalue weighted by molar-refractivity contribution is 5.15. The van der Waals surface area contributed by atoms with Gasteiger partial charge in [-0.25, -0.2) is 0 Å². The molecule has 1 heteroatoms. The molecule has 0 aromatic heterocycles. The Hall–Kier alpha value is -0.940. The van der Waals surface area contributed by atoms with E-state index >= 15 is 0 Å². The molecule has 0 atom stereocenters. The molecule has 0 aromatic carbocycles. The quantitative estimate of drug-likeness (QED) is 0.414. The first kappa shape index (κ1) is 4.23. The Morgan fingerprint density at radius 2 is 2.57 bits per heavy atom. The van der Waals surface area contributed by atoms with Gasteiger partial charge in [-0.2, -0.15) is 0 Å². The molecule has 7 heavy (non-hydrogen) atoms. The molecule has 0 fully saturated rings. The molecule has 1 nitrogen and oxygen atoms in total. The van der Waals surface area contributed by atoms with Crippen molar-refractivity contribution in [2.75, 3.05) is 0 Å². The largest absolute Gasteiger partial charge is 0.464 e. The van der Waals surface area contributed by atoms with E-state index in [9.17, 15) is 0 Å². The van der Waals surface area contributed by atoms with Crippen molar-refractivity contribution in [1.82, 2.24) is 0 Å².